The molecule has 0 bridgehead atoms. The molecule has 0 aromatic heterocycles. The highest BCUT2D eigenvalue weighted by molar-refractivity contribution is 8.00. The van der Waals surface area contributed by atoms with Crippen molar-refractivity contribution in [3.63, 3.8) is 0 Å². The molecule has 1 aromatic rings. The zero-order chi connectivity index (χ0) is 13.5. The van der Waals surface area contributed by atoms with Gasteiger partial charge in [-0.25, -0.2) is 0 Å². The van der Waals surface area contributed by atoms with E-state index in [4.69, 9.17) is 0 Å². The summed E-state index contributed by atoms with van der Waals surface area (Å²) in [5.41, 5.74) is 0.683. The first-order valence-corrected chi connectivity index (χ1v) is 7.04. The summed E-state index contributed by atoms with van der Waals surface area (Å²) in [6.45, 7) is 5.56. The second-order valence-electron chi connectivity index (χ2n) is 4.25. The molecule has 3 nitrogen and oxygen atoms in total. The Morgan fingerprint density at radius 1 is 1.39 bits per heavy atom. The van der Waals surface area contributed by atoms with Crippen LogP contribution in [0.1, 0.15) is 37.6 Å². The van der Waals surface area contributed by atoms with Crippen molar-refractivity contribution in [1.82, 2.24) is 5.32 Å². The molecule has 0 saturated heterocycles. The SMILES string of the molecule is CCC(C)NC(=O)CSc1cccc(C(C)=O)c1. The number of rotatable bonds is 6. The normalized spacial score (nSPS) is 11.9. The van der Waals surface area contributed by atoms with Crippen molar-refractivity contribution in [1.29, 1.82) is 0 Å². The van der Waals surface area contributed by atoms with Crippen LogP contribution in [0.15, 0.2) is 29.2 Å². The molecule has 1 N–H and O–H groups in total. The monoisotopic (exact) mass is 265 g/mol. The van der Waals surface area contributed by atoms with E-state index in [1.807, 2.05) is 32.0 Å². The van der Waals surface area contributed by atoms with Gasteiger partial charge in [-0.3, -0.25) is 9.59 Å². The Balaban J connectivity index is 2.50. The van der Waals surface area contributed by atoms with E-state index in [0.29, 0.717) is 11.3 Å². The molecule has 0 fully saturated rings. The van der Waals surface area contributed by atoms with Crippen molar-refractivity contribution in [2.45, 2.75) is 38.1 Å². The Kier molecular flexibility index (Phi) is 5.92. The number of thioether (sulfide) groups is 1. The summed E-state index contributed by atoms with van der Waals surface area (Å²) in [4.78, 5) is 23.8. The number of hydrogen-bond donors (Lipinski definition) is 1. The molecular weight excluding hydrogens is 246 g/mol. The summed E-state index contributed by atoms with van der Waals surface area (Å²) in [6.07, 6.45) is 0.927. The van der Waals surface area contributed by atoms with E-state index in [9.17, 15) is 9.59 Å². The van der Waals surface area contributed by atoms with Gasteiger partial charge in [0.15, 0.2) is 5.78 Å². The van der Waals surface area contributed by atoms with Crippen LogP contribution < -0.4 is 5.32 Å². The molecule has 1 aromatic carbocycles. The molecule has 1 rings (SSSR count). The summed E-state index contributed by atoms with van der Waals surface area (Å²) in [5, 5.41) is 2.91. The van der Waals surface area contributed by atoms with Crippen molar-refractivity contribution >= 4 is 23.5 Å². The molecule has 0 aliphatic heterocycles. The number of carbonyl (C=O) groups excluding carboxylic acids is 2. The van der Waals surface area contributed by atoms with Gasteiger partial charge in [-0.15, -0.1) is 11.8 Å². The van der Waals surface area contributed by atoms with E-state index >= 15 is 0 Å². The molecule has 0 radical (unpaired) electrons. The van der Waals surface area contributed by atoms with Crippen molar-refractivity contribution in [3.8, 4) is 0 Å². The molecule has 0 aliphatic rings. The quantitative estimate of drug-likeness (QED) is 0.635. The Morgan fingerprint density at radius 3 is 2.72 bits per heavy atom. The maximum absolute atomic E-state index is 11.6. The van der Waals surface area contributed by atoms with Gasteiger partial charge in [-0.05, 0) is 32.4 Å². The zero-order valence-electron chi connectivity index (χ0n) is 11.0. The van der Waals surface area contributed by atoms with Gasteiger partial charge in [0.2, 0.25) is 5.91 Å². The molecule has 98 valence electrons. The maximum atomic E-state index is 11.6. The lowest BCUT2D eigenvalue weighted by Crippen LogP contribution is -2.33. The Labute approximate surface area is 112 Å². The molecule has 4 heteroatoms. The van der Waals surface area contributed by atoms with Crippen LogP contribution in [0.3, 0.4) is 0 Å². The van der Waals surface area contributed by atoms with E-state index < -0.39 is 0 Å². The van der Waals surface area contributed by atoms with E-state index in [1.165, 1.54) is 11.8 Å². The van der Waals surface area contributed by atoms with Gasteiger partial charge >= 0.3 is 0 Å². The van der Waals surface area contributed by atoms with Gasteiger partial charge < -0.3 is 5.32 Å². The summed E-state index contributed by atoms with van der Waals surface area (Å²) in [7, 11) is 0. The summed E-state index contributed by atoms with van der Waals surface area (Å²) < 4.78 is 0. The summed E-state index contributed by atoms with van der Waals surface area (Å²) >= 11 is 1.45. The molecule has 1 amide bonds. The van der Waals surface area contributed by atoms with Gasteiger partial charge in [0.05, 0.1) is 5.75 Å². The number of nitrogens with one attached hydrogen (secondary N) is 1. The third-order valence-corrected chi connectivity index (χ3v) is 3.62. The van der Waals surface area contributed by atoms with Crippen LogP contribution in [0, 0.1) is 0 Å². The second-order valence-corrected chi connectivity index (χ2v) is 5.30. The van der Waals surface area contributed by atoms with Crippen LogP contribution in [-0.2, 0) is 4.79 Å². The van der Waals surface area contributed by atoms with Crippen LogP contribution in [0.2, 0.25) is 0 Å². The number of amides is 1. The average Bonchev–Trinajstić information content (AvgIpc) is 2.36. The lowest BCUT2D eigenvalue weighted by atomic mass is 10.2. The predicted molar refractivity (Wildman–Crippen MR) is 75.1 cm³/mol. The van der Waals surface area contributed by atoms with Crippen molar-refractivity contribution in [2.24, 2.45) is 0 Å². The molecule has 0 saturated carbocycles. The number of benzene rings is 1. The zero-order valence-corrected chi connectivity index (χ0v) is 11.8. The van der Waals surface area contributed by atoms with Crippen LogP contribution in [-0.4, -0.2) is 23.5 Å². The van der Waals surface area contributed by atoms with E-state index in [1.54, 1.807) is 13.0 Å². The number of carbonyl (C=O) groups is 2. The van der Waals surface area contributed by atoms with Crippen molar-refractivity contribution in [3.05, 3.63) is 29.8 Å². The number of hydrogen-bond acceptors (Lipinski definition) is 3. The highest BCUT2D eigenvalue weighted by Crippen LogP contribution is 2.19. The fourth-order valence-electron chi connectivity index (χ4n) is 1.37. The summed E-state index contributed by atoms with van der Waals surface area (Å²) in [6, 6.07) is 7.57. The van der Waals surface area contributed by atoms with Gasteiger partial charge in [-0.2, -0.15) is 0 Å². The molecule has 1 atom stereocenters. The summed E-state index contributed by atoms with van der Waals surface area (Å²) in [5.74, 6) is 0.454. The van der Waals surface area contributed by atoms with E-state index in [-0.39, 0.29) is 17.7 Å². The van der Waals surface area contributed by atoms with Crippen molar-refractivity contribution < 1.29 is 9.59 Å². The lowest BCUT2D eigenvalue weighted by molar-refractivity contribution is -0.119. The third kappa shape index (κ3) is 4.92. The van der Waals surface area contributed by atoms with E-state index in [0.717, 1.165) is 11.3 Å². The number of Topliss-reactive ketones (excluding diaryl/α,β-unsaturated/α-hetero) is 1. The molecule has 0 spiro atoms. The minimum absolute atomic E-state index is 0.0302. The standard InChI is InChI=1S/C14H19NO2S/c1-4-10(2)15-14(17)9-18-13-7-5-6-12(8-13)11(3)16/h5-8,10H,4,9H2,1-3H3,(H,15,17). The second kappa shape index (κ2) is 7.21. The van der Waals surface area contributed by atoms with Crippen LogP contribution in [0.25, 0.3) is 0 Å². The molecular formula is C14H19NO2S. The molecule has 0 aliphatic carbocycles. The van der Waals surface area contributed by atoms with Crippen LogP contribution in [0.5, 0.6) is 0 Å². The predicted octanol–water partition coefficient (Wildman–Crippen LogP) is 2.90. The maximum Gasteiger partial charge on any atom is 0.230 e. The fourth-order valence-corrected chi connectivity index (χ4v) is 2.14. The van der Waals surface area contributed by atoms with Gasteiger partial charge in [-0.1, -0.05) is 19.1 Å². The molecule has 1 unspecified atom stereocenters. The average molecular weight is 265 g/mol. The smallest absolute Gasteiger partial charge is 0.230 e. The highest BCUT2D eigenvalue weighted by Gasteiger charge is 2.07. The molecule has 0 heterocycles. The largest absolute Gasteiger partial charge is 0.353 e. The first-order valence-electron chi connectivity index (χ1n) is 6.06. The van der Waals surface area contributed by atoms with Crippen LogP contribution in [0.4, 0.5) is 0 Å². The first-order chi connectivity index (χ1) is 8.52. The van der Waals surface area contributed by atoms with Crippen molar-refractivity contribution in [2.75, 3.05) is 5.75 Å². The minimum Gasteiger partial charge on any atom is -0.353 e. The molecule has 18 heavy (non-hydrogen) atoms. The Bertz CT molecular complexity index is 432. The number of ketones is 1. The van der Waals surface area contributed by atoms with Gasteiger partial charge in [0, 0.05) is 16.5 Å². The highest BCUT2D eigenvalue weighted by atomic mass is 32.2. The van der Waals surface area contributed by atoms with Gasteiger partial charge in [0.1, 0.15) is 0 Å². The van der Waals surface area contributed by atoms with Crippen LogP contribution >= 0.6 is 11.8 Å². The minimum atomic E-state index is 0.0302. The third-order valence-electron chi connectivity index (χ3n) is 2.63. The Morgan fingerprint density at radius 2 is 2.11 bits per heavy atom. The lowest BCUT2D eigenvalue weighted by Gasteiger charge is -2.11. The topological polar surface area (TPSA) is 46.2 Å². The van der Waals surface area contributed by atoms with E-state index in [2.05, 4.69) is 5.32 Å². The van der Waals surface area contributed by atoms with Gasteiger partial charge in [0.25, 0.3) is 0 Å². The Hall–Kier alpha value is -1.29. The first kappa shape index (κ1) is 14.8. The fraction of sp³-hybridized carbons (Fsp3) is 0.429.